The van der Waals surface area contributed by atoms with Crippen LogP contribution in [0, 0.1) is 5.41 Å². The Hall–Kier alpha value is -0.0800. The van der Waals surface area contributed by atoms with Crippen LogP contribution in [0.1, 0.15) is 51.4 Å². The van der Waals surface area contributed by atoms with Crippen LogP contribution in [0.25, 0.3) is 0 Å². The van der Waals surface area contributed by atoms with Gasteiger partial charge >= 0.3 is 0 Å². The fourth-order valence-electron chi connectivity index (χ4n) is 3.00. The van der Waals surface area contributed by atoms with Crippen molar-refractivity contribution in [1.29, 1.82) is 0 Å². The first-order valence-corrected chi connectivity index (χ1v) is 6.57. The molecule has 0 aromatic carbocycles. The third kappa shape index (κ3) is 2.94. The van der Waals surface area contributed by atoms with Gasteiger partial charge < -0.3 is 10.1 Å². The van der Waals surface area contributed by atoms with Crippen LogP contribution in [0.5, 0.6) is 0 Å². The average Bonchev–Trinajstić information content (AvgIpc) is 2.68. The highest BCUT2D eigenvalue weighted by Crippen LogP contribution is 2.43. The zero-order chi connectivity index (χ0) is 10.6. The molecular weight excluding hydrogens is 186 g/mol. The fourth-order valence-corrected chi connectivity index (χ4v) is 3.00. The van der Waals surface area contributed by atoms with E-state index in [1.807, 2.05) is 7.11 Å². The monoisotopic (exact) mass is 211 g/mol. The zero-order valence-corrected chi connectivity index (χ0v) is 10.1. The summed E-state index contributed by atoms with van der Waals surface area (Å²) in [4.78, 5) is 0. The molecule has 0 bridgehead atoms. The fraction of sp³-hybridized carbons (Fsp3) is 1.00. The minimum Gasteiger partial charge on any atom is -0.385 e. The lowest BCUT2D eigenvalue weighted by molar-refractivity contribution is 0.0665. The van der Waals surface area contributed by atoms with Crippen molar-refractivity contribution in [2.75, 3.05) is 20.3 Å². The molecule has 88 valence electrons. The molecule has 0 atom stereocenters. The van der Waals surface area contributed by atoms with E-state index in [0.717, 1.165) is 12.6 Å². The summed E-state index contributed by atoms with van der Waals surface area (Å²) in [5.74, 6) is 0. The summed E-state index contributed by atoms with van der Waals surface area (Å²) >= 11 is 0. The van der Waals surface area contributed by atoms with Gasteiger partial charge in [-0.25, -0.2) is 0 Å². The van der Waals surface area contributed by atoms with Gasteiger partial charge in [0.15, 0.2) is 0 Å². The van der Waals surface area contributed by atoms with Crippen LogP contribution >= 0.6 is 0 Å². The van der Waals surface area contributed by atoms with Crippen molar-refractivity contribution in [3.05, 3.63) is 0 Å². The number of hydrogen-bond acceptors (Lipinski definition) is 2. The molecule has 2 rings (SSSR count). The Labute approximate surface area is 93.8 Å². The molecule has 2 nitrogen and oxygen atoms in total. The minimum absolute atomic E-state index is 0.596. The van der Waals surface area contributed by atoms with Crippen LogP contribution < -0.4 is 5.32 Å². The van der Waals surface area contributed by atoms with Gasteiger partial charge in [-0.15, -0.1) is 0 Å². The number of hydrogen-bond donors (Lipinski definition) is 1. The van der Waals surface area contributed by atoms with Gasteiger partial charge in [0.25, 0.3) is 0 Å². The molecule has 2 aliphatic rings. The summed E-state index contributed by atoms with van der Waals surface area (Å²) in [5.41, 5.74) is 0.596. The van der Waals surface area contributed by atoms with E-state index in [9.17, 15) is 0 Å². The van der Waals surface area contributed by atoms with Crippen LogP contribution in [0.15, 0.2) is 0 Å². The Bertz CT molecular complexity index is 183. The van der Waals surface area contributed by atoms with Crippen LogP contribution in [-0.2, 0) is 4.74 Å². The van der Waals surface area contributed by atoms with Crippen molar-refractivity contribution in [1.82, 2.24) is 5.32 Å². The highest BCUT2D eigenvalue weighted by molar-refractivity contribution is 4.91. The van der Waals surface area contributed by atoms with Crippen LogP contribution in [0.4, 0.5) is 0 Å². The normalized spacial score (nSPS) is 25.4. The molecule has 2 fully saturated rings. The van der Waals surface area contributed by atoms with Crippen molar-refractivity contribution >= 4 is 0 Å². The lowest BCUT2D eigenvalue weighted by atomic mass is 9.66. The van der Waals surface area contributed by atoms with Crippen molar-refractivity contribution < 1.29 is 4.74 Å². The summed E-state index contributed by atoms with van der Waals surface area (Å²) in [6.07, 6.45) is 11.2. The van der Waals surface area contributed by atoms with Crippen molar-refractivity contribution in [2.24, 2.45) is 5.41 Å². The molecule has 0 aromatic rings. The summed E-state index contributed by atoms with van der Waals surface area (Å²) in [6.45, 7) is 2.17. The van der Waals surface area contributed by atoms with Crippen molar-refractivity contribution in [2.45, 2.75) is 57.4 Å². The molecule has 0 aliphatic heterocycles. The van der Waals surface area contributed by atoms with Crippen molar-refractivity contribution in [3.8, 4) is 0 Å². The van der Waals surface area contributed by atoms with Crippen LogP contribution in [0.3, 0.4) is 0 Å². The Morgan fingerprint density at radius 3 is 2.47 bits per heavy atom. The van der Waals surface area contributed by atoms with E-state index in [1.165, 1.54) is 57.9 Å². The molecule has 0 unspecified atom stereocenters. The maximum absolute atomic E-state index is 5.22. The third-order valence-corrected chi connectivity index (χ3v) is 4.37. The number of methoxy groups -OCH3 is 1. The first-order chi connectivity index (χ1) is 7.35. The number of ether oxygens (including phenoxy) is 1. The second-order valence-corrected chi connectivity index (χ2v) is 5.46. The zero-order valence-electron chi connectivity index (χ0n) is 10.1. The standard InChI is InChI=1S/C13H25NO/c1-15-10-9-13(7-4-8-13)11-14-12-5-2-3-6-12/h12,14H,2-11H2,1H3. The Morgan fingerprint density at radius 2 is 1.93 bits per heavy atom. The molecule has 0 heterocycles. The summed E-state index contributed by atoms with van der Waals surface area (Å²) < 4.78 is 5.22. The molecular formula is C13H25NO. The summed E-state index contributed by atoms with van der Waals surface area (Å²) in [6, 6.07) is 0.824. The molecule has 0 amide bonds. The summed E-state index contributed by atoms with van der Waals surface area (Å²) in [7, 11) is 1.82. The second-order valence-electron chi connectivity index (χ2n) is 5.46. The van der Waals surface area contributed by atoms with Crippen LogP contribution in [-0.4, -0.2) is 26.3 Å². The van der Waals surface area contributed by atoms with Crippen molar-refractivity contribution in [3.63, 3.8) is 0 Å². The third-order valence-electron chi connectivity index (χ3n) is 4.37. The van der Waals surface area contributed by atoms with Gasteiger partial charge in [-0.3, -0.25) is 0 Å². The quantitative estimate of drug-likeness (QED) is 0.729. The van der Waals surface area contributed by atoms with E-state index in [0.29, 0.717) is 5.41 Å². The van der Waals surface area contributed by atoms with Gasteiger partial charge in [0.2, 0.25) is 0 Å². The Morgan fingerprint density at radius 1 is 1.20 bits per heavy atom. The Kier molecular flexibility index (Phi) is 4.04. The largest absolute Gasteiger partial charge is 0.385 e. The lowest BCUT2D eigenvalue weighted by Crippen LogP contribution is -2.43. The van der Waals surface area contributed by atoms with Gasteiger partial charge in [-0.1, -0.05) is 19.3 Å². The topological polar surface area (TPSA) is 21.3 Å². The maximum Gasteiger partial charge on any atom is 0.0468 e. The van der Waals surface area contributed by atoms with Crippen LogP contribution in [0.2, 0.25) is 0 Å². The predicted octanol–water partition coefficient (Wildman–Crippen LogP) is 2.73. The Balaban J connectivity index is 1.69. The second kappa shape index (κ2) is 5.31. The molecule has 0 saturated heterocycles. The van der Waals surface area contributed by atoms with E-state index < -0.39 is 0 Å². The predicted molar refractivity (Wildman–Crippen MR) is 63.0 cm³/mol. The molecule has 0 aromatic heterocycles. The minimum atomic E-state index is 0.596. The van der Waals surface area contributed by atoms with E-state index in [4.69, 9.17) is 4.74 Å². The molecule has 2 heteroatoms. The lowest BCUT2D eigenvalue weighted by Gasteiger charge is -2.43. The van der Waals surface area contributed by atoms with E-state index in [1.54, 1.807) is 0 Å². The molecule has 2 aliphatic carbocycles. The summed E-state index contributed by atoms with van der Waals surface area (Å²) in [5, 5.41) is 3.78. The van der Waals surface area contributed by atoms with E-state index >= 15 is 0 Å². The number of nitrogens with one attached hydrogen (secondary N) is 1. The maximum atomic E-state index is 5.22. The average molecular weight is 211 g/mol. The van der Waals surface area contributed by atoms with Gasteiger partial charge in [0.05, 0.1) is 0 Å². The highest BCUT2D eigenvalue weighted by Gasteiger charge is 2.36. The first-order valence-electron chi connectivity index (χ1n) is 6.57. The molecule has 0 radical (unpaired) electrons. The number of rotatable bonds is 6. The first kappa shape index (κ1) is 11.4. The molecule has 1 N–H and O–H groups in total. The van der Waals surface area contributed by atoms with Gasteiger partial charge in [-0.05, 0) is 37.5 Å². The molecule has 15 heavy (non-hydrogen) atoms. The van der Waals surface area contributed by atoms with Gasteiger partial charge in [0, 0.05) is 26.3 Å². The molecule has 2 saturated carbocycles. The van der Waals surface area contributed by atoms with E-state index in [2.05, 4.69) is 5.32 Å². The van der Waals surface area contributed by atoms with E-state index in [-0.39, 0.29) is 0 Å². The SMILES string of the molecule is COCCC1(CNC2CCCC2)CCC1. The highest BCUT2D eigenvalue weighted by atomic mass is 16.5. The molecule has 0 spiro atoms. The smallest absolute Gasteiger partial charge is 0.0468 e. The van der Waals surface area contributed by atoms with Gasteiger partial charge in [-0.2, -0.15) is 0 Å². The van der Waals surface area contributed by atoms with Gasteiger partial charge in [0.1, 0.15) is 0 Å².